The zero-order valence-electron chi connectivity index (χ0n) is 35.2. The Kier molecular flexibility index (Phi) is 8.79. The first-order valence-corrected chi connectivity index (χ1v) is 21.5. The van der Waals surface area contributed by atoms with Gasteiger partial charge in [-0.15, -0.1) is 0 Å². The minimum Gasteiger partial charge on any atom is -0.306 e. The molecule has 5 aromatic heterocycles. The third kappa shape index (κ3) is 5.93. The van der Waals surface area contributed by atoms with E-state index in [4.69, 9.17) is 15.0 Å². The molecule has 0 aliphatic rings. The fourth-order valence-electron chi connectivity index (χ4n) is 9.57. The van der Waals surface area contributed by atoms with Gasteiger partial charge in [0.15, 0.2) is 17.5 Å². The second kappa shape index (κ2) is 15.1. The molecule has 0 N–H and O–H groups in total. The van der Waals surface area contributed by atoms with Crippen LogP contribution in [0.4, 0.5) is 0 Å². The monoisotopic (exact) mass is 821 g/mol. The van der Waals surface area contributed by atoms with Crippen molar-refractivity contribution in [3.8, 4) is 67.8 Å². The first kappa shape index (κ1) is 37.2. The molecule has 302 valence electrons. The van der Waals surface area contributed by atoms with Gasteiger partial charge in [-0.05, 0) is 72.5 Å². The van der Waals surface area contributed by atoms with E-state index in [0.29, 0.717) is 17.5 Å². The van der Waals surface area contributed by atoms with Crippen LogP contribution >= 0.6 is 0 Å². The van der Waals surface area contributed by atoms with Crippen molar-refractivity contribution in [3.63, 3.8) is 0 Å². The Morgan fingerprint density at radius 3 is 1.20 bits per heavy atom. The maximum atomic E-state index is 5.60. The molecule has 0 radical (unpaired) electrons. The zero-order chi connectivity index (χ0) is 42.7. The highest BCUT2D eigenvalue weighted by Gasteiger charge is 2.26. The molecule has 0 saturated carbocycles. The van der Waals surface area contributed by atoms with E-state index in [-0.39, 0.29) is 0 Å². The van der Waals surface area contributed by atoms with Crippen molar-refractivity contribution >= 4 is 43.6 Å². The molecule has 0 aliphatic heterocycles. The van der Waals surface area contributed by atoms with Crippen LogP contribution in [0.1, 0.15) is 11.1 Å². The van der Waals surface area contributed by atoms with Gasteiger partial charge in [0.25, 0.3) is 0 Å². The molecular formula is C57H39N7. The van der Waals surface area contributed by atoms with Crippen molar-refractivity contribution in [2.45, 2.75) is 13.8 Å². The van der Waals surface area contributed by atoms with E-state index in [1.54, 1.807) is 0 Å². The molecule has 0 amide bonds. The van der Waals surface area contributed by atoms with E-state index in [9.17, 15) is 0 Å². The van der Waals surface area contributed by atoms with Crippen LogP contribution in [0, 0.1) is 13.8 Å². The Bertz CT molecular complexity index is 3440. The Balaban J connectivity index is 1.22. The lowest BCUT2D eigenvalue weighted by Crippen LogP contribution is -2.07. The van der Waals surface area contributed by atoms with E-state index in [0.717, 1.165) is 93.9 Å². The molecule has 12 rings (SSSR count). The highest BCUT2D eigenvalue weighted by Crippen LogP contribution is 2.44. The minimum absolute atomic E-state index is 0.556. The number of pyridine rings is 2. The third-order valence-corrected chi connectivity index (χ3v) is 12.5. The molecule has 0 fully saturated rings. The Morgan fingerprint density at radius 2 is 0.703 bits per heavy atom. The molecule has 0 aliphatic carbocycles. The second-order valence-corrected chi connectivity index (χ2v) is 16.2. The van der Waals surface area contributed by atoms with Crippen molar-refractivity contribution in [1.29, 1.82) is 0 Å². The summed E-state index contributed by atoms with van der Waals surface area (Å²) in [6, 6.07) is 61.6. The van der Waals surface area contributed by atoms with Gasteiger partial charge in [0, 0.05) is 61.8 Å². The Morgan fingerprint density at radius 1 is 0.312 bits per heavy atom. The minimum atomic E-state index is 0.556. The lowest BCUT2D eigenvalue weighted by atomic mass is 9.95. The topological polar surface area (TPSA) is 74.3 Å². The molecule has 0 bridgehead atoms. The average Bonchev–Trinajstić information content (AvgIpc) is 3.87. The second-order valence-electron chi connectivity index (χ2n) is 16.2. The summed E-state index contributed by atoms with van der Waals surface area (Å²) in [5.41, 5.74) is 15.4. The molecule has 64 heavy (non-hydrogen) atoms. The lowest BCUT2D eigenvalue weighted by Gasteiger charge is -2.21. The van der Waals surface area contributed by atoms with Crippen LogP contribution in [0.15, 0.2) is 201 Å². The fourth-order valence-corrected chi connectivity index (χ4v) is 9.57. The standard InChI is InChI=1S/C57H39N7/c1-36-16-6-8-20-39(36)45-24-14-26-47(53(45)63-49-28-12-10-22-41(49)43-30-32-58-34-51(43)63)56-60-55(38-18-4-3-5-19-38)61-57(62-56)48-27-15-25-46(40-21-9-7-17-37(40)2)54(48)64-50-29-13-11-23-42(50)44-31-33-59-35-52(44)64/h3-35H,1-2H3. The van der Waals surface area contributed by atoms with Gasteiger partial charge in [-0.25, -0.2) is 15.0 Å². The van der Waals surface area contributed by atoms with Crippen LogP contribution in [-0.2, 0) is 0 Å². The molecule has 0 spiro atoms. The van der Waals surface area contributed by atoms with Crippen molar-refractivity contribution in [2.24, 2.45) is 0 Å². The van der Waals surface area contributed by atoms with E-state index >= 15 is 0 Å². The number of aromatic nitrogens is 7. The van der Waals surface area contributed by atoms with Crippen LogP contribution < -0.4 is 0 Å². The van der Waals surface area contributed by atoms with Gasteiger partial charge in [0.2, 0.25) is 0 Å². The predicted molar refractivity (Wildman–Crippen MR) is 261 cm³/mol. The Labute approximate surface area is 369 Å². The number of fused-ring (bicyclic) bond motifs is 6. The maximum Gasteiger partial charge on any atom is 0.166 e. The summed E-state index contributed by atoms with van der Waals surface area (Å²) >= 11 is 0. The number of rotatable bonds is 7. The van der Waals surface area contributed by atoms with Crippen LogP contribution in [0.3, 0.4) is 0 Å². The van der Waals surface area contributed by atoms with E-state index in [1.807, 2.05) is 43.0 Å². The Hall–Kier alpha value is -8.55. The van der Waals surface area contributed by atoms with E-state index < -0.39 is 0 Å². The summed E-state index contributed by atoms with van der Waals surface area (Å²) < 4.78 is 4.69. The van der Waals surface area contributed by atoms with Gasteiger partial charge >= 0.3 is 0 Å². The van der Waals surface area contributed by atoms with Gasteiger partial charge < -0.3 is 9.13 Å². The first-order valence-electron chi connectivity index (χ1n) is 21.5. The number of benzene rings is 7. The smallest absolute Gasteiger partial charge is 0.166 e. The lowest BCUT2D eigenvalue weighted by molar-refractivity contribution is 1.06. The average molecular weight is 822 g/mol. The van der Waals surface area contributed by atoms with E-state index in [2.05, 4.69) is 191 Å². The van der Waals surface area contributed by atoms with Crippen molar-refractivity contribution in [2.75, 3.05) is 0 Å². The highest BCUT2D eigenvalue weighted by atomic mass is 15.1. The molecule has 7 nitrogen and oxygen atoms in total. The SMILES string of the molecule is Cc1ccccc1-c1cccc(-c2nc(-c3ccccc3)nc(-c3cccc(-c4ccccc4C)c3-n3c4ccccc4c4ccncc43)n2)c1-n1c2ccccc2c2ccncc21. The number of aryl methyl sites for hydroxylation is 2. The third-order valence-electron chi connectivity index (χ3n) is 12.5. The maximum absolute atomic E-state index is 5.60. The van der Waals surface area contributed by atoms with Gasteiger partial charge in [-0.1, -0.05) is 140 Å². The molecular weight excluding hydrogens is 783 g/mol. The quantitative estimate of drug-likeness (QED) is 0.160. The number of para-hydroxylation sites is 4. The van der Waals surface area contributed by atoms with Crippen molar-refractivity contribution in [3.05, 3.63) is 212 Å². The molecule has 7 aromatic carbocycles. The highest BCUT2D eigenvalue weighted by molar-refractivity contribution is 6.11. The van der Waals surface area contributed by atoms with Crippen LogP contribution in [0.2, 0.25) is 0 Å². The molecule has 7 heteroatoms. The molecule has 12 aromatic rings. The van der Waals surface area contributed by atoms with Crippen LogP contribution in [0.25, 0.3) is 111 Å². The van der Waals surface area contributed by atoms with E-state index in [1.165, 1.54) is 11.1 Å². The van der Waals surface area contributed by atoms with Gasteiger partial charge in [0.05, 0.1) is 45.8 Å². The normalized spacial score (nSPS) is 11.6. The summed E-state index contributed by atoms with van der Waals surface area (Å²) in [6.07, 6.45) is 7.67. The predicted octanol–water partition coefficient (Wildman–Crippen LogP) is 13.8. The largest absolute Gasteiger partial charge is 0.306 e. The van der Waals surface area contributed by atoms with Crippen LogP contribution in [-0.4, -0.2) is 34.1 Å². The van der Waals surface area contributed by atoms with Crippen molar-refractivity contribution in [1.82, 2.24) is 34.1 Å². The summed E-state index contributed by atoms with van der Waals surface area (Å²) in [7, 11) is 0. The summed E-state index contributed by atoms with van der Waals surface area (Å²) in [4.78, 5) is 25.8. The van der Waals surface area contributed by atoms with Gasteiger partial charge in [-0.2, -0.15) is 0 Å². The molecule has 0 unspecified atom stereocenters. The number of hydrogen-bond donors (Lipinski definition) is 0. The fraction of sp³-hybridized carbons (Fsp3) is 0.0351. The summed E-state index contributed by atoms with van der Waals surface area (Å²) in [6.45, 7) is 4.34. The zero-order valence-corrected chi connectivity index (χ0v) is 35.2. The molecule has 5 heterocycles. The molecule has 0 atom stereocenters. The summed E-state index contributed by atoms with van der Waals surface area (Å²) in [5.74, 6) is 1.69. The molecule has 0 saturated heterocycles. The van der Waals surface area contributed by atoms with Crippen molar-refractivity contribution < 1.29 is 0 Å². The number of hydrogen-bond acceptors (Lipinski definition) is 5. The van der Waals surface area contributed by atoms with Gasteiger partial charge in [-0.3, -0.25) is 9.97 Å². The summed E-state index contributed by atoms with van der Waals surface area (Å²) in [5, 5.41) is 4.53. The van der Waals surface area contributed by atoms with Crippen LogP contribution in [0.5, 0.6) is 0 Å². The first-order chi connectivity index (χ1) is 31.6. The van der Waals surface area contributed by atoms with Gasteiger partial charge in [0.1, 0.15) is 0 Å². The number of nitrogens with zero attached hydrogens (tertiary/aromatic N) is 7.